The molecule has 0 spiro atoms. The van der Waals surface area contributed by atoms with Crippen LogP contribution in [-0.4, -0.2) is 53.1 Å². The van der Waals surface area contributed by atoms with Crippen LogP contribution in [0.3, 0.4) is 0 Å². The van der Waals surface area contributed by atoms with Crippen LogP contribution in [0.25, 0.3) is 11.0 Å². The summed E-state index contributed by atoms with van der Waals surface area (Å²) < 4.78 is 7.14. The molecule has 1 aliphatic heterocycles. The van der Waals surface area contributed by atoms with Crippen LogP contribution in [0.4, 0.5) is 11.8 Å². The zero-order chi connectivity index (χ0) is 12.5. The van der Waals surface area contributed by atoms with Crippen molar-refractivity contribution in [1.82, 2.24) is 19.7 Å². The number of aryl methyl sites for hydroxylation is 1. The molecule has 3 rings (SSSR count). The number of aromatic nitrogens is 4. The Morgan fingerprint density at radius 3 is 2.78 bits per heavy atom. The highest BCUT2D eigenvalue weighted by atomic mass is 16.5. The standard InChI is InChI=1S/C11H16N6O/c1-12-11-14-9-8(7-13-16(9)2)10(15-11)17-3-5-18-6-4-17/h7H,3-6H2,1-2H3,(H,12,14,15). The van der Waals surface area contributed by atoms with Crippen LogP contribution >= 0.6 is 0 Å². The lowest BCUT2D eigenvalue weighted by molar-refractivity contribution is 0.122. The second-order valence-corrected chi connectivity index (χ2v) is 4.23. The fraction of sp³-hybridized carbons (Fsp3) is 0.545. The number of hydrogen-bond donors (Lipinski definition) is 1. The number of ether oxygens (including phenoxy) is 1. The Balaban J connectivity index is 2.13. The van der Waals surface area contributed by atoms with Crippen LogP contribution in [0.15, 0.2) is 6.20 Å². The minimum Gasteiger partial charge on any atom is -0.378 e. The maximum absolute atomic E-state index is 5.37. The number of fused-ring (bicyclic) bond motifs is 1. The van der Waals surface area contributed by atoms with Crippen molar-refractivity contribution in [3.63, 3.8) is 0 Å². The molecule has 0 atom stereocenters. The maximum Gasteiger partial charge on any atom is 0.226 e. The third-order valence-corrected chi connectivity index (χ3v) is 3.11. The van der Waals surface area contributed by atoms with Crippen LogP contribution in [0, 0.1) is 0 Å². The van der Waals surface area contributed by atoms with Crippen molar-refractivity contribution in [2.45, 2.75) is 0 Å². The van der Waals surface area contributed by atoms with Gasteiger partial charge in [0.2, 0.25) is 5.95 Å². The molecule has 0 radical (unpaired) electrons. The van der Waals surface area contributed by atoms with Gasteiger partial charge in [0.05, 0.1) is 24.8 Å². The number of morpholine rings is 1. The molecule has 1 N–H and O–H groups in total. The summed E-state index contributed by atoms with van der Waals surface area (Å²) in [6.07, 6.45) is 1.82. The van der Waals surface area contributed by atoms with Crippen molar-refractivity contribution in [2.24, 2.45) is 7.05 Å². The van der Waals surface area contributed by atoms with E-state index < -0.39 is 0 Å². The topological polar surface area (TPSA) is 68.1 Å². The molecule has 7 nitrogen and oxygen atoms in total. The lowest BCUT2D eigenvalue weighted by Crippen LogP contribution is -2.37. The van der Waals surface area contributed by atoms with Crippen molar-refractivity contribution in [2.75, 3.05) is 43.6 Å². The number of nitrogens with zero attached hydrogens (tertiary/aromatic N) is 5. The maximum atomic E-state index is 5.37. The van der Waals surface area contributed by atoms with Crippen molar-refractivity contribution in [3.8, 4) is 0 Å². The van der Waals surface area contributed by atoms with E-state index in [4.69, 9.17) is 4.74 Å². The molecule has 0 aliphatic carbocycles. The quantitative estimate of drug-likeness (QED) is 0.821. The summed E-state index contributed by atoms with van der Waals surface area (Å²) in [6, 6.07) is 0. The molecular weight excluding hydrogens is 232 g/mol. The third-order valence-electron chi connectivity index (χ3n) is 3.11. The zero-order valence-corrected chi connectivity index (χ0v) is 10.6. The summed E-state index contributed by atoms with van der Waals surface area (Å²) in [5.41, 5.74) is 0.843. The molecule has 18 heavy (non-hydrogen) atoms. The highest BCUT2D eigenvalue weighted by Crippen LogP contribution is 2.25. The van der Waals surface area contributed by atoms with Gasteiger partial charge in [0.1, 0.15) is 5.82 Å². The van der Waals surface area contributed by atoms with Crippen molar-refractivity contribution in [3.05, 3.63) is 6.20 Å². The molecule has 0 amide bonds. The van der Waals surface area contributed by atoms with Gasteiger partial charge < -0.3 is 15.0 Å². The van der Waals surface area contributed by atoms with E-state index in [2.05, 4.69) is 25.3 Å². The average Bonchev–Trinajstić information content (AvgIpc) is 2.80. The predicted molar refractivity (Wildman–Crippen MR) is 68.9 cm³/mol. The normalized spacial score (nSPS) is 16.2. The Bertz CT molecular complexity index is 560. The van der Waals surface area contributed by atoms with Gasteiger partial charge in [-0.3, -0.25) is 4.68 Å². The predicted octanol–water partition coefficient (Wildman–Crippen LogP) is 0.242. The van der Waals surface area contributed by atoms with E-state index in [0.29, 0.717) is 5.95 Å². The van der Waals surface area contributed by atoms with Gasteiger partial charge in [-0.15, -0.1) is 0 Å². The Morgan fingerprint density at radius 2 is 2.06 bits per heavy atom. The largest absolute Gasteiger partial charge is 0.378 e. The Morgan fingerprint density at radius 1 is 1.28 bits per heavy atom. The van der Waals surface area contributed by atoms with Crippen LogP contribution in [0.2, 0.25) is 0 Å². The smallest absolute Gasteiger partial charge is 0.226 e. The van der Waals surface area contributed by atoms with E-state index in [-0.39, 0.29) is 0 Å². The summed E-state index contributed by atoms with van der Waals surface area (Å²) in [4.78, 5) is 11.2. The molecule has 2 aromatic rings. The van der Waals surface area contributed by atoms with Gasteiger partial charge in [-0.25, -0.2) is 0 Å². The number of rotatable bonds is 2. The van der Waals surface area contributed by atoms with Crippen LogP contribution < -0.4 is 10.2 Å². The summed E-state index contributed by atoms with van der Waals surface area (Å²) >= 11 is 0. The molecule has 1 fully saturated rings. The first-order chi connectivity index (χ1) is 8.79. The highest BCUT2D eigenvalue weighted by Gasteiger charge is 2.18. The molecule has 3 heterocycles. The summed E-state index contributed by atoms with van der Waals surface area (Å²) in [6.45, 7) is 3.18. The van der Waals surface area contributed by atoms with Crippen molar-refractivity contribution in [1.29, 1.82) is 0 Å². The zero-order valence-electron chi connectivity index (χ0n) is 10.6. The molecule has 7 heteroatoms. The Labute approximate surface area is 105 Å². The third kappa shape index (κ3) is 1.76. The van der Waals surface area contributed by atoms with Gasteiger partial charge in [0.25, 0.3) is 0 Å². The average molecular weight is 248 g/mol. The van der Waals surface area contributed by atoms with Crippen LogP contribution in [-0.2, 0) is 11.8 Å². The van der Waals surface area contributed by atoms with Crippen molar-refractivity contribution < 1.29 is 4.74 Å². The first-order valence-electron chi connectivity index (χ1n) is 6.00. The molecule has 0 bridgehead atoms. The summed E-state index contributed by atoms with van der Waals surface area (Å²) in [5.74, 6) is 1.55. The van der Waals surface area contributed by atoms with E-state index in [1.54, 1.807) is 4.68 Å². The fourth-order valence-corrected chi connectivity index (χ4v) is 2.14. The van der Waals surface area contributed by atoms with Crippen LogP contribution in [0.5, 0.6) is 0 Å². The molecule has 96 valence electrons. The van der Waals surface area contributed by atoms with E-state index in [1.165, 1.54) is 0 Å². The number of anilines is 2. The highest BCUT2D eigenvalue weighted by molar-refractivity contribution is 5.88. The second kappa shape index (κ2) is 4.41. The molecule has 2 aromatic heterocycles. The SMILES string of the molecule is CNc1nc(N2CCOCC2)c2cnn(C)c2n1. The molecule has 0 aromatic carbocycles. The van der Waals surface area contributed by atoms with E-state index in [0.717, 1.165) is 43.2 Å². The first kappa shape index (κ1) is 11.2. The van der Waals surface area contributed by atoms with Gasteiger partial charge in [-0.2, -0.15) is 15.1 Å². The fourth-order valence-electron chi connectivity index (χ4n) is 2.14. The molecule has 0 saturated carbocycles. The summed E-state index contributed by atoms with van der Waals surface area (Å²) in [5, 5.41) is 8.23. The van der Waals surface area contributed by atoms with E-state index in [1.807, 2.05) is 20.3 Å². The molecular formula is C11H16N6O. The number of nitrogens with one attached hydrogen (secondary N) is 1. The lowest BCUT2D eigenvalue weighted by Gasteiger charge is -2.28. The van der Waals surface area contributed by atoms with Gasteiger partial charge in [0.15, 0.2) is 5.65 Å². The van der Waals surface area contributed by atoms with Crippen molar-refractivity contribution >= 4 is 22.8 Å². The molecule has 0 unspecified atom stereocenters. The van der Waals surface area contributed by atoms with Gasteiger partial charge in [-0.1, -0.05) is 0 Å². The van der Waals surface area contributed by atoms with Gasteiger partial charge in [-0.05, 0) is 0 Å². The number of hydrogen-bond acceptors (Lipinski definition) is 6. The Hall–Kier alpha value is -1.89. The summed E-state index contributed by atoms with van der Waals surface area (Å²) in [7, 11) is 3.71. The lowest BCUT2D eigenvalue weighted by atomic mass is 10.3. The van der Waals surface area contributed by atoms with E-state index >= 15 is 0 Å². The van der Waals surface area contributed by atoms with Gasteiger partial charge in [0, 0.05) is 27.2 Å². The minimum atomic E-state index is 0.618. The monoisotopic (exact) mass is 248 g/mol. The Kier molecular flexibility index (Phi) is 2.75. The van der Waals surface area contributed by atoms with Gasteiger partial charge >= 0.3 is 0 Å². The van der Waals surface area contributed by atoms with E-state index in [9.17, 15) is 0 Å². The minimum absolute atomic E-state index is 0.618. The first-order valence-corrected chi connectivity index (χ1v) is 6.00. The molecule has 1 saturated heterocycles. The molecule has 1 aliphatic rings. The second-order valence-electron chi connectivity index (χ2n) is 4.23. The van der Waals surface area contributed by atoms with Crippen LogP contribution in [0.1, 0.15) is 0 Å².